The standard InChI is InChI=1S/C12H13ClN4S/c13-12-11(15-16-18-12)7-17-5-4-9-8(6-17)2-1-3-10(9)14/h1-3H,4-7,14H2. The van der Waals surface area contributed by atoms with E-state index in [1.807, 2.05) is 12.1 Å². The summed E-state index contributed by atoms with van der Waals surface area (Å²) in [6.45, 7) is 2.63. The summed E-state index contributed by atoms with van der Waals surface area (Å²) in [5.41, 5.74) is 10.4. The first-order valence-electron chi connectivity index (χ1n) is 5.79. The molecule has 0 atom stereocenters. The van der Waals surface area contributed by atoms with Gasteiger partial charge in [0.25, 0.3) is 0 Å². The summed E-state index contributed by atoms with van der Waals surface area (Å²) in [6, 6.07) is 6.11. The zero-order chi connectivity index (χ0) is 12.5. The van der Waals surface area contributed by atoms with Crippen molar-refractivity contribution in [2.24, 2.45) is 0 Å². The third-order valence-corrected chi connectivity index (χ3v) is 4.25. The Bertz CT molecular complexity index is 569. The number of hydrogen-bond donors (Lipinski definition) is 1. The van der Waals surface area contributed by atoms with Gasteiger partial charge in [-0.3, -0.25) is 4.90 Å². The highest BCUT2D eigenvalue weighted by atomic mass is 35.5. The van der Waals surface area contributed by atoms with Crippen LogP contribution in [-0.2, 0) is 19.5 Å². The number of rotatable bonds is 2. The van der Waals surface area contributed by atoms with Crippen LogP contribution in [-0.4, -0.2) is 21.0 Å². The lowest BCUT2D eigenvalue weighted by molar-refractivity contribution is 0.243. The highest BCUT2D eigenvalue weighted by Gasteiger charge is 2.19. The minimum atomic E-state index is 0.688. The van der Waals surface area contributed by atoms with Crippen LogP contribution in [0.3, 0.4) is 0 Å². The normalized spacial score (nSPS) is 15.6. The van der Waals surface area contributed by atoms with Crippen LogP contribution >= 0.6 is 23.1 Å². The fraction of sp³-hybridized carbons (Fsp3) is 0.333. The van der Waals surface area contributed by atoms with Gasteiger partial charge in [0.1, 0.15) is 10.0 Å². The molecule has 1 aromatic heterocycles. The maximum Gasteiger partial charge on any atom is 0.138 e. The van der Waals surface area contributed by atoms with E-state index in [4.69, 9.17) is 17.3 Å². The van der Waals surface area contributed by atoms with Crippen molar-refractivity contribution in [2.45, 2.75) is 19.5 Å². The van der Waals surface area contributed by atoms with Gasteiger partial charge in [-0.15, -0.1) is 5.10 Å². The maximum atomic E-state index is 6.03. The first kappa shape index (κ1) is 11.9. The minimum absolute atomic E-state index is 0.688. The second kappa shape index (κ2) is 4.84. The average Bonchev–Trinajstić information content (AvgIpc) is 2.75. The molecule has 2 N–H and O–H groups in total. The number of halogens is 1. The number of benzene rings is 1. The SMILES string of the molecule is Nc1cccc2c1CCN(Cc1nnsc1Cl)C2. The molecule has 18 heavy (non-hydrogen) atoms. The third-order valence-electron chi connectivity index (χ3n) is 3.26. The van der Waals surface area contributed by atoms with Gasteiger partial charge in [-0.05, 0) is 23.6 Å². The smallest absolute Gasteiger partial charge is 0.138 e. The Morgan fingerprint density at radius 2 is 2.33 bits per heavy atom. The van der Waals surface area contributed by atoms with E-state index >= 15 is 0 Å². The van der Waals surface area contributed by atoms with E-state index in [9.17, 15) is 0 Å². The first-order valence-corrected chi connectivity index (χ1v) is 6.94. The molecule has 1 aliphatic heterocycles. The van der Waals surface area contributed by atoms with Crippen molar-refractivity contribution in [1.82, 2.24) is 14.5 Å². The molecular formula is C12H13ClN4S. The van der Waals surface area contributed by atoms with E-state index < -0.39 is 0 Å². The summed E-state index contributed by atoms with van der Waals surface area (Å²) in [4.78, 5) is 2.32. The maximum absolute atomic E-state index is 6.03. The van der Waals surface area contributed by atoms with Gasteiger partial charge in [-0.1, -0.05) is 28.2 Å². The molecule has 94 valence electrons. The molecule has 0 amide bonds. The molecule has 0 radical (unpaired) electrons. The number of nitrogens with two attached hydrogens (primary N) is 1. The third kappa shape index (κ3) is 2.21. The lowest BCUT2D eigenvalue weighted by Crippen LogP contribution is -2.30. The van der Waals surface area contributed by atoms with E-state index in [1.54, 1.807) is 0 Å². The van der Waals surface area contributed by atoms with Crippen LogP contribution in [0.5, 0.6) is 0 Å². The summed E-state index contributed by atoms with van der Waals surface area (Å²) in [5, 5.41) is 4.05. The van der Waals surface area contributed by atoms with Crippen molar-refractivity contribution < 1.29 is 0 Å². The van der Waals surface area contributed by atoms with E-state index in [2.05, 4.69) is 20.6 Å². The second-order valence-electron chi connectivity index (χ2n) is 4.44. The van der Waals surface area contributed by atoms with Crippen LogP contribution in [0.25, 0.3) is 0 Å². The van der Waals surface area contributed by atoms with Gasteiger partial charge in [0, 0.05) is 36.9 Å². The zero-order valence-corrected chi connectivity index (χ0v) is 11.3. The first-order chi connectivity index (χ1) is 8.74. The van der Waals surface area contributed by atoms with Crippen LogP contribution in [0, 0.1) is 0 Å². The van der Waals surface area contributed by atoms with Crippen molar-refractivity contribution in [1.29, 1.82) is 0 Å². The van der Waals surface area contributed by atoms with Crippen LogP contribution in [0.1, 0.15) is 16.8 Å². The Kier molecular flexibility index (Phi) is 3.20. The Labute approximate surface area is 115 Å². The highest BCUT2D eigenvalue weighted by molar-refractivity contribution is 7.10. The van der Waals surface area contributed by atoms with E-state index in [-0.39, 0.29) is 0 Å². The predicted octanol–water partition coefficient (Wildman–Crippen LogP) is 2.33. The van der Waals surface area contributed by atoms with Crippen molar-refractivity contribution >= 4 is 28.8 Å². The van der Waals surface area contributed by atoms with Crippen molar-refractivity contribution in [3.8, 4) is 0 Å². The van der Waals surface area contributed by atoms with Crippen molar-refractivity contribution in [2.75, 3.05) is 12.3 Å². The van der Waals surface area contributed by atoms with E-state index in [0.717, 1.165) is 37.4 Å². The highest BCUT2D eigenvalue weighted by Crippen LogP contribution is 2.26. The molecule has 4 nitrogen and oxygen atoms in total. The van der Waals surface area contributed by atoms with Crippen LogP contribution in [0.2, 0.25) is 4.34 Å². The van der Waals surface area contributed by atoms with Gasteiger partial charge >= 0.3 is 0 Å². The molecule has 6 heteroatoms. The summed E-state index contributed by atoms with van der Waals surface area (Å²) >= 11 is 7.27. The van der Waals surface area contributed by atoms with E-state index in [0.29, 0.717) is 4.34 Å². The minimum Gasteiger partial charge on any atom is -0.398 e. The Morgan fingerprint density at radius 3 is 3.11 bits per heavy atom. The molecule has 1 aliphatic rings. The Hall–Kier alpha value is -1.17. The lowest BCUT2D eigenvalue weighted by atomic mass is 9.98. The average molecular weight is 281 g/mol. The van der Waals surface area contributed by atoms with Crippen molar-refractivity contribution in [3.05, 3.63) is 39.4 Å². The number of aromatic nitrogens is 2. The number of nitrogen functional groups attached to an aromatic ring is 1. The Morgan fingerprint density at radius 1 is 1.44 bits per heavy atom. The van der Waals surface area contributed by atoms with Crippen LogP contribution in [0.4, 0.5) is 5.69 Å². The van der Waals surface area contributed by atoms with Gasteiger partial charge in [0.15, 0.2) is 0 Å². The van der Waals surface area contributed by atoms with Crippen molar-refractivity contribution in [3.63, 3.8) is 0 Å². The molecule has 2 aromatic rings. The second-order valence-corrected chi connectivity index (χ2v) is 5.80. The number of nitrogens with zero attached hydrogens (tertiary/aromatic N) is 3. The topological polar surface area (TPSA) is 55.0 Å². The van der Waals surface area contributed by atoms with Gasteiger partial charge in [0.05, 0.1) is 0 Å². The Balaban J connectivity index is 1.77. The molecule has 0 bridgehead atoms. The number of hydrogen-bond acceptors (Lipinski definition) is 5. The largest absolute Gasteiger partial charge is 0.398 e. The van der Waals surface area contributed by atoms with Gasteiger partial charge in [-0.25, -0.2) is 0 Å². The predicted molar refractivity (Wildman–Crippen MR) is 73.6 cm³/mol. The molecule has 0 saturated carbocycles. The fourth-order valence-corrected chi connectivity index (χ4v) is 2.95. The molecule has 0 unspecified atom stereocenters. The fourth-order valence-electron chi connectivity index (χ4n) is 2.34. The molecule has 1 aromatic carbocycles. The molecular weight excluding hydrogens is 268 g/mol. The number of fused-ring (bicyclic) bond motifs is 1. The quantitative estimate of drug-likeness (QED) is 0.858. The molecule has 0 spiro atoms. The molecule has 0 fully saturated rings. The zero-order valence-electron chi connectivity index (χ0n) is 9.77. The summed E-state index contributed by atoms with van der Waals surface area (Å²) in [7, 11) is 0. The monoisotopic (exact) mass is 280 g/mol. The summed E-state index contributed by atoms with van der Waals surface area (Å²) in [6.07, 6.45) is 0.983. The summed E-state index contributed by atoms with van der Waals surface area (Å²) < 4.78 is 4.55. The van der Waals surface area contributed by atoms with Crippen LogP contribution in [0.15, 0.2) is 18.2 Å². The van der Waals surface area contributed by atoms with Crippen LogP contribution < -0.4 is 5.73 Å². The van der Waals surface area contributed by atoms with Gasteiger partial charge in [0.2, 0.25) is 0 Å². The molecule has 0 aliphatic carbocycles. The summed E-state index contributed by atoms with van der Waals surface area (Å²) in [5.74, 6) is 0. The lowest BCUT2D eigenvalue weighted by Gasteiger charge is -2.28. The molecule has 3 rings (SSSR count). The van der Waals surface area contributed by atoms with E-state index in [1.165, 1.54) is 22.7 Å². The van der Waals surface area contributed by atoms with Gasteiger partial charge in [-0.2, -0.15) is 0 Å². The number of anilines is 1. The molecule has 2 heterocycles. The molecule has 0 saturated heterocycles. The van der Waals surface area contributed by atoms with Gasteiger partial charge < -0.3 is 5.73 Å².